The minimum atomic E-state index is 0. The third kappa shape index (κ3) is 4.94. The van der Waals surface area contributed by atoms with Crippen molar-refractivity contribution in [2.45, 2.75) is 26.7 Å². The fourth-order valence-electron chi connectivity index (χ4n) is 4.12. The molecule has 0 aliphatic carbocycles. The number of nitrogens with zero attached hydrogens (tertiary/aromatic N) is 3. The van der Waals surface area contributed by atoms with E-state index in [0.717, 1.165) is 67.7 Å². The average Bonchev–Trinajstić information content (AvgIpc) is 3.13. The van der Waals surface area contributed by atoms with Crippen LogP contribution in [-0.4, -0.2) is 63.5 Å². The molecule has 0 saturated carbocycles. The largest absolute Gasteiger partial charge is 0.412 e. The molecule has 0 aliphatic heterocycles. The van der Waals surface area contributed by atoms with Crippen molar-refractivity contribution in [2.24, 2.45) is 5.73 Å². The van der Waals surface area contributed by atoms with Crippen LogP contribution in [-0.2, 0) is 0 Å². The lowest BCUT2D eigenvalue weighted by Crippen LogP contribution is -2.28. The highest BCUT2D eigenvalue weighted by molar-refractivity contribution is 6.15. The van der Waals surface area contributed by atoms with Gasteiger partial charge in [0.25, 0.3) is 0 Å². The van der Waals surface area contributed by atoms with Crippen LogP contribution in [0.4, 0.5) is 5.82 Å². The quantitative estimate of drug-likeness (QED) is 0.352. The summed E-state index contributed by atoms with van der Waals surface area (Å²) in [5.74, 6) is 0.954. The van der Waals surface area contributed by atoms with E-state index < -0.39 is 0 Å². The number of aryl methyl sites for hydroxylation is 1. The van der Waals surface area contributed by atoms with Gasteiger partial charge in [-0.25, -0.2) is 4.98 Å². The van der Waals surface area contributed by atoms with Crippen LogP contribution in [0, 0.1) is 6.92 Å². The topological polar surface area (TPSA) is 146 Å². The first kappa shape index (κ1) is 24.5. The van der Waals surface area contributed by atoms with Crippen molar-refractivity contribution in [3.63, 3.8) is 0 Å². The molecule has 0 amide bonds. The summed E-state index contributed by atoms with van der Waals surface area (Å²) >= 11 is 0. The third-order valence-electron chi connectivity index (χ3n) is 5.77. The maximum Gasteiger partial charge on any atom is 0.133 e. The molecule has 0 radical (unpaired) electrons. The molecule has 8 nitrogen and oxygen atoms in total. The first-order valence-corrected chi connectivity index (χ1v) is 10.5. The predicted molar refractivity (Wildman–Crippen MR) is 130 cm³/mol. The number of aromatic amines is 1. The number of fused-ring (bicyclic) bond motifs is 4. The summed E-state index contributed by atoms with van der Waals surface area (Å²) < 4.78 is 0. The first-order valence-electron chi connectivity index (χ1n) is 10.5. The number of H-pyrrole nitrogens is 1. The molecular formula is C23H34N6O2. The molecule has 0 bridgehead atoms. The number of nitrogens with one attached hydrogen (secondary N) is 2. The van der Waals surface area contributed by atoms with Crippen molar-refractivity contribution < 1.29 is 11.0 Å². The summed E-state index contributed by atoms with van der Waals surface area (Å²) in [6.07, 6.45) is 7.79. The maximum atomic E-state index is 5.64. The van der Waals surface area contributed by atoms with Gasteiger partial charge in [0.2, 0.25) is 0 Å². The lowest BCUT2D eigenvalue weighted by atomic mass is 10.0. The van der Waals surface area contributed by atoms with Crippen LogP contribution < -0.4 is 11.1 Å². The average molecular weight is 427 g/mol. The molecule has 4 aromatic rings. The van der Waals surface area contributed by atoms with E-state index in [1.165, 1.54) is 21.9 Å². The van der Waals surface area contributed by atoms with Crippen molar-refractivity contribution in [3.8, 4) is 0 Å². The standard InChI is InChI=1S/C23H30N6.2H2O/c1-3-29(12-4-8-24)13-5-9-26-23-19-14-18-20-15-25-10-7-21(20)28-22(18)16(2)17(19)6-11-27-23;;/h6-7,10-11,14-15,28H,3-5,8-9,12-13,24H2,1-2H3,(H,26,27);2*1H2. The van der Waals surface area contributed by atoms with Crippen LogP contribution in [0.15, 0.2) is 36.8 Å². The van der Waals surface area contributed by atoms with Crippen LogP contribution in [0.3, 0.4) is 0 Å². The predicted octanol–water partition coefficient (Wildman–Crippen LogP) is 2.40. The fraction of sp³-hybridized carbons (Fsp3) is 0.391. The van der Waals surface area contributed by atoms with Gasteiger partial charge in [-0.1, -0.05) is 6.92 Å². The highest BCUT2D eigenvalue weighted by atomic mass is 16.0. The van der Waals surface area contributed by atoms with Gasteiger partial charge >= 0.3 is 0 Å². The molecule has 3 aromatic heterocycles. The number of nitrogens with two attached hydrogens (primary N) is 1. The number of benzene rings is 1. The first-order chi connectivity index (χ1) is 14.2. The molecule has 8 N–H and O–H groups in total. The Morgan fingerprint density at radius 2 is 1.84 bits per heavy atom. The third-order valence-corrected chi connectivity index (χ3v) is 5.77. The molecule has 31 heavy (non-hydrogen) atoms. The molecule has 0 spiro atoms. The normalized spacial score (nSPS) is 11.1. The molecular weight excluding hydrogens is 392 g/mol. The van der Waals surface area contributed by atoms with Crippen LogP contribution in [0.5, 0.6) is 0 Å². The smallest absolute Gasteiger partial charge is 0.133 e. The van der Waals surface area contributed by atoms with Gasteiger partial charge in [-0.2, -0.15) is 0 Å². The molecule has 0 fully saturated rings. The monoisotopic (exact) mass is 426 g/mol. The summed E-state index contributed by atoms with van der Waals surface area (Å²) in [4.78, 5) is 15.0. The lowest BCUT2D eigenvalue weighted by molar-refractivity contribution is 0.285. The van der Waals surface area contributed by atoms with Crippen LogP contribution in [0.1, 0.15) is 25.3 Å². The van der Waals surface area contributed by atoms with Gasteiger partial charge in [0.15, 0.2) is 0 Å². The highest BCUT2D eigenvalue weighted by Gasteiger charge is 2.12. The lowest BCUT2D eigenvalue weighted by Gasteiger charge is -2.20. The number of aromatic nitrogens is 3. The van der Waals surface area contributed by atoms with E-state index in [0.29, 0.717) is 0 Å². The Labute approximate surface area is 182 Å². The van der Waals surface area contributed by atoms with Gasteiger partial charge in [-0.3, -0.25) is 4.98 Å². The summed E-state index contributed by atoms with van der Waals surface area (Å²) in [5.41, 5.74) is 9.18. The molecule has 0 aliphatic rings. The number of hydrogen-bond acceptors (Lipinski definition) is 5. The minimum Gasteiger partial charge on any atom is -0.412 e. The van der Waals surface area contributed by atoms with Gasteiger partial charge in [-0.15, -0.1) is 0 Å². The van der Waals surface area contributed by atoms with Crippen LogP contribution in [0.25, 0.3) is 32.6 Å². The molecule has 3 heterocycles. The molecule has 0 saturated heterocycles. The molecule has 8 heteroatoms. The number of pyridine rings is 2. The molecule has 168 valence electrons. The Morgan fingerprint density at radius 1 is 1.03 bits per heavy atom. The zero-order valence-corrected chi connectivity index (χ0v) is 18.3. The Kier molecular flexibility index (Phi) is 8.70. The van der Waals surface area contributed by atoms with Gasteiger partial charge in [-0.05, 0) is 75.1 Å². The zero-order chi connectivity index (χ0) is 20.2. The van der Waals surface area contributed by atoms with E-state index in [9.17, 15) is 0 Å². The van der Waals surface area contributed by atoms with Crippen molar-refractivity contribution in [1.82, 2.24) is 19.9 Å². The second-order valence-corrected chi connectivity index (χ2v) is 7.58. The fourth-order valence-corrected chi connectivity index (χ4v) is 4.12. The molecule has 0 atom stereocenters. The van der Waals surface area contributed by atoms with E-state index in [1.54, 1.807) is 0 Å². The number of hydrogen-bond donors (Lipinski definition) is 3. The number of rotatable bonds is 9. The minimum absolute atomic E-state index is 0. The molecule has 4 rings (SSSR count). The summed E-state index contributed by atoms with van der Waals surface area (Å²) in [6.45, 7) is 9.26. The Hall–Kier alpha value is -2.78. The van der Waals surface area contributed by atoms with E-state index in [2.05, 4.69) is 51.1 Å². The van der Waals surface area contributed by atoms with Crippen molar-refractivity contribution in [2.75, 3.05) is 38.0 Å². The zero-order valence-electron chi connectivity index (χ0n) is 18.3. The summed E-state index contributed by atoms with van der Waals surface area (Å²) in [7, 11) is 0. The van der Waals surface area contributed by atoms with Crippen LogP contribution in [0.2, 0.25) is 0 Å². The Bertz CT molecular complexity index is 1130. The van der Waals surface area contributed by atoms with E-state index in [4.69, 9.17) is 5.73 Å². The van der Waals surface area contributed by atoms with Crippen LogP contribution >= 0.6 is 0 Å². The van der Waals surface area contributed by atoms with Crippen molar-refractivity contribution >= 4 is 38.4 Å². The van der Waals surface area contributed by atoms with E-state index >= 15 is 0 Å². The van der Waals surface area contributed by atoms with Crippen molar-refractivity contribution in [3.05, 3.63) is 42.4 Å². The second kappa shape index (κ2) is 11.0. The van der Waals surface area contributed by atoms with E-state index in [1.807, 2.05) is 24.7 Å². The Balaban J connectivity index is 0.00000171. The van der Waals surface area contributed by atoms with Gasteiger partial charge in [0.05, 0.1) is 5.52 Å². The van der Waals surface area contributed by atoms with Crippen molar-refractivity contribution in [1.29, 1.82) is 0 Å². The molecule has 1 aromatic carbocycles. The summed E-state index contributed by atoms with van der Waals surface area (Å²) in [6, 6.07) is 6.37. The summed E-state index contributed by atoms with van der Waals surface area (Å²) in [5, 5.41) is 8.32. The van der Waals surface area contributed by atoms with Gasteiger partial charge in [0, 0.05) is 46.8 Å². The molecule has 0 unspecified atom stereocenters. The van der Waals surface area contributed by atoms with E-state index in [-0.39, 0.29) is 11.0 Å². The maximum absolute atomic E-state index is 5.64. The van der Waals surface area contributed by atoms with Gasteiger partial charge in [0.1, 0.15) is 5.82 Å². The highest BCUT2D eigenvalue weighted by Crippen LogP contribution is 2.34. The van der Waals surface area contributed by atoms with Gasteiger partial charge < -0.3 is 31.9 Å². The SMILES string of the molecule is CCN(CCCN)CCCNc1nccc2c(C)c3[nH]c4ccncc4c3cc12.O.O. The number of anilines is 1. The second-order valence-electron chi connectivity index (χ2n) is 7.58. The Morgan fingerprint density at radius 3 is 2.61 bits per heavy atom.